The molecule has 0 aliphatic carbocycles. The van der Waals surface area contributed by atoms with Gasteiger partial charge < -0.3 is 0 Å². The number of hydrogen-bond acceptors (Lipinski definition) is 3. The summed E-state index contributed by atoms with van der Waals surface area (Å²) in [4.78, 5) is 14.7. The molecule has 8 rings (SSSR count). The molecule has 0 atom stereocenters. The van der Waals surface area contributed by atoms with Crippen molar-refractivity contribution in [3.63, 3.8) is 0 Å². The van der Waals surface area contributed by atoms with Crippen molar-refractivity contribution in [1.29, 1.82) is 0 Å². The van der Waals surface area contributed by atoms with E-state index in [2.05, 4.69) is 192 Å². The van der Waals surface area contributed by atoms with Gasteiger partial charge in [0.05, 0.1) is 17.1 Å². The third-order valence-corrected chi connectivity index (χ3v) is 11.0. The highest BCUT2D eigenvalue weighted by Crippen LogP contribution is 2.38. The standard InChI is InChI=1S/C53H47N3/c1-52(2,45-25-28-50(55-36-45)41-18-10-6-11-19-41)33-38-30-39(34-53(3,4)46-26-29-51(56-37-46)42-20-12-7-13-21-42)32-44(31-38)48-23-15-14-22-47(48)43-24-27-49(54-35-43)40-16-8-5-9-17-40/h5-32,35-37H,33-34H2,1-4H3. The maximum absolute atomic E-state index is 4.91. The molecule has 0 amide bonds. The maximum Gasteiger partial charge on any atom is 0.0702 e. The molecule has 3 heterocycles. The fourth-order valence-corrected chi connectivity index (χ4v) is 7.81. The van der Waals surface area contributed by atoms with Crippen molar-refractivity contribution < 1.29 is 0 Å². The second kappa shape index (κ2) is 15.7. The van der Waals surface area contributed by atoms with Crippen molar-refractivity contribution >= 4 is 0 Å². The largest absolute Gasteiger partial charge is 0.256 e. The molecule has 0 aliphatic rings. The van der Waals surface area contributed by atoms with E-state index < -0.39 is 0 Å². The van der Waals surface area contributed by atoms with Gasteiger partial charge in [-0.25, -0.2) is 0 Å². The summed E-state index contributed by atoms with van der Waals surface area (Å²) in [5.74, 6) is 0. The predicted octanol–water partition coefficient (Wildman–Crippen LogP) is 13.2. The number of benzene rings is 5. The first-order chi connectivity index (χ1) is 27.2. The van der Waals surface area contributed by atoms with Crippen LogP contribution in [0.4, 0.5) is 0 Å². The van der Waals surface area contributed by atoms with E-state index >= 15 is 0 Å². The van der Waals surface area contributed by atoms with E-state index in [0.29, 0.717) is 0 Å². The first kappa shape index (κ1) is 36.5. The number of aromatic nitrogens is 3. The molecule has 3 nitrogen and oxygen atoms in total. The van der Waals surface area contributed by atoms with E-state index in [0.717, 1.165) is 52.2 Å². The van der Waals surface area contributed by atoms with Crippen LogP contribution in [-0.4, -0.2) is 15.0 Å². The zero-order chi connectivity index (χ0) is 38.5. The van der Waals surface area contributed by atoms with Crippen LogP contribution in [0.3, 0.4) is 0 Å². The van der Waals surface area contributed by atoms with Crippen LogP contribution in [0.2, 0.25) is 0 Å². The van der Waals surface area contributed by atoms with Crippen LogP contribution in [0.5, 0.6) is 0 Å². The molecule has 5 aromatic carbocycles. The van der Waals surface area contributed by atoms with Crippen molar-refractivity contribution in [2.45, 2.75) is 51.4 Å². The minimum atomic E-state index is -0.151. The lowest BCUT2D eigenvalue weighted by molar-refractivity contribution is 0.513. The molecule has 0 unspecified atom stereocenters. The van der Waals surface area contributed by atoms with Crippen LogP contribution in [0.1, 0.15) is 49.9 Å². The van der Waals surface area contributed by atoms with Crippen LogP contribution in [0, 0.1) is 0 Å². The highest BCUT2D eigenvalue weighted by atomic mass is 14.7. The zero-order valence-electron chi connectivity index (χ0n) is 32.7. The highest BCUT2D eigenvalue weighted by molar-refractivity contribution is 5.84. The lowest BCUT2D eigenvalue weighted by Gasteiger charge is -2.28. The zero-order valence-corrected chi connectivity index (χ0v) is 32.7. The van der Waals surface area contributed by atoms with Gasteiger partial charge in [-0.15, -0.1) is 0 Å². The molecule has 56 heavy (non-hydrogen) atoms. The molecule has 3 aromatic heterocycles. The van der Waals surface area contributed by atoms with Crippen molar-refractivity contribution in [2.75, 3.05) is 0 Å². The van der Waals surface area contributed by atoms with E-state index in [4.69, 9.17) is 15.0 Å². The summed E-state index contributed by atoms with van der Waals surface area (Å²) in [5.41, 5.74) is 15.7. The monoisotopic (exact) mass is 725 g/mol. The van der Waals surface area contributed by atoms with Gasteiger partial charge in [-0.1, -0.05) is 179 Å². The average Bonchev–Trinajstić information content (AvgIpc) is 3.24. The first-order valence-corrected chi connectivity index (χ1v) is 19.5. The van der Waals surface area contributed by atoms with Crippen LogP contribution in [0.15, 0.2) is 188 Å². The minimum Gasteiger partial charge on any atom is -0.256 e. The van der Waals surface area contributed by atoms with E-state index in [9.17, 15) is 0 Å². The fraction of sp³-hybridized carbons (Fsp3) is 0.151. The van der Waals surface area contributed by atoms with Crippen molar-refractivity contribution in [3.05, 3.63) is 211 Å². The Hall–Kier alpha value is -6.45. The second-order valence-corrected chi connectivity index (χ2v) is 16.1. The van der Waals surface area contributed by atoms with Gasteiger partial charge in [0, 0.05) is 40.8 Å². The Morgan fingerprint density at radius 3 is 1.09 bits per heavy atom. The molecule has 0 radical (unpaired) electrons. The molecule has 0 aliphatic heterocycles. The Morgan fingerprint density at radius 2 is 0.714 bits per heavy atom. The van der Waals surface area contributed by atoms with Gasteiger partial charge in [-0.2, -0.15) is 0 Å². The molecule has 0 saturated heterocycles. The van der Waals surface area contributed by atoms with Gasteiger partial charge in [-0.3, -0.25) is 15.0 Å². The Balaban J connectivity index is 1.15. The van der Waals surface area contributed by atoms with E-state index in [1.165, 1.54) is 38.9 Å². The quantitative estimate of drug-likeness (QED) is 0.133. The lowest BCUT2D eigenvalue weighted by Crippen LogP contribution is -2.22. The van der Waals surface area contributed by atoms with Crippen molar-refractivity contribution in [2.24, 2.45) is 0 Å². The Bertz CT molecular complexity index is 2410. The smallest absolute Gasteiger partial charge is 0.0702 e. The summed E-state index contributed by atoms with van der Waals surface area (Å²) in [6.45, 7) is 9.32. The third-order valence-electron chi connectivity index (χ3n) is 11.0. The summed E-state index contributed by atoms with van der Waals surface area (Å²) in [6.07, 6.45) is 7.86. The summed E-state index contributed by atoms with van der Waals surface area (Å²) in [5, 5.41) is 0. The molecule has 0 bridgehead atoms. The Labute approximate surface area is 331 Å². The van der Waals surface area contributed by atoms with Gasteiger partial charge in [0.15, 0.2) is 0 Å². The van der Waals surface area contributed by atoms with Crippen LogP contribution >= 0.6 is 0 Å². The van der Waals surface area contributed by atoms with Gasteiger partial charge in [0.25, 0.3) is 0 Å². The fourth-order valence-electron chi connectivity index (χ4n) is 7.81. The van der Waals surface area contributed by atoms with Gasteiger partial charge in [0.1, 0.15) is 0 Å². The molecular formula is C53H47N3. The van der Waals surface area contributed by atoms with Crippen LogP contribution < -0.4 is 0 Å². The molecule has 3 heteroatoms. The first-order valence-electron chi connectivity index (χ1n) is 19.5. The van der Waals surface area contributed by atoms with Gasteiger partial charge in [-0.05, 0) is 80.8 Å². The lowest BCUT2D eigenvalue weighted by atomic mass is 9.76. The van der Waals surface area contributed by atoms with Crippen LogP contribution in [-0.2, 0) is 23.7 Å². The molecule has 0 fully saturated rings. The number of nitrogens with zero attached hydrogens (tertiary/aromatic N) is 3. The van der Waals surface area contributed by atoms with Gasteiger partial charge >= 0.3 is 0 Å². The summed E-state index contributed by atoms with van der Waals surface area (Å²) in [6, 6.07) is 60.2. The predicted molar refractivity (Wildman–Crippen MR) is 233 cm³/mol. The Morgan fingerprint density at radius 1 is 0.339 bits per heavy atom. The number of hydrogen-bond donors (Lipinski definition) is 0. The molecule has 274 valence electrons. The van der Waals surface area contributed by atoms with Crippen molar-refractivity contribution in [1.82, 2.24) is 15.0 Å². The number of rotatable bonds is 11. The third kappa shape index (κ3) is 8.13. The Kier molecular flexibility index (Phi) is 10.3. The van der Waals surface area contributed by atoms with Crippen molar-refractivity contribution in [3.8, 4) is 56.0 Å². The topological polar surface area (TPSA) is 38.7 Å². The average molecular weight is 726 g/mol. The highest BCUT2D eigenvalue weighted by Gasteiger charge is 2.26. The van der Waals surface area contributed by atoms with E-state index in [1.807, 2.05) is 24.4 Å². The molecule has 0 spiro atoms. The molecule has 0 N–H and O–H groups in total. The normalized spacial score (nSPS) is 11.7. The maximum atomic E-state index is 4.91. The van der Waals surface area contributed by atoms with E-state index in [-0.39, 0.29) is 10.8 Å². The van der Waals surface area contributed by atoms with Crippen LogP contribution in [0.25, 0.3) is 56.0 Å². The summed E-state index contributed by atoms with van der Waals surface area (Å²) >= 11 is 0. The summed E-state index contributed by atoms with van der Waals surface area (Å²) < 4.78 is 0. The molecular weight excluding hydrogens is 679 g/mol. The van der Waals surface area contributed by atoms with Gasteiger partial charge in [0.2, 0.25) is 0 Å². The SMILES string of the molecule is CC(C)(Cc1cc(CC(C)(C)c2ccc(-c3ccccc3)nc2)cc(-c2ccccc2-c2ccc(-c3ccccc3)nc2)c1)c1ccc(-c2ccccc2)nc1. The van der Waals surface area contributed by atoms with E-state index in [1.54, 1.807) is 0 Å². The second-order valence-electron chi connectivity index (χ2n) is 16.1. The minimum absolute atomic E-state index is 0.151. The number of pyridine rings is 3. The summed E-state index contributed by atoms with van der Waals surface area (Å²) in [7, 11) is 0. The molecule has 0 saturated carbocycles. The molecule has 8 aromatic rings.